The first-order valence-corrected chi connectivity index (χ1v) is 9.93. The molecule has 172 valence electrons. The molecule has 0 atom stereocenters. The van der Waals surface area contributed by atoms with Crippen molar-refractivity contribution in [2.24, 2.45) is 11.1 Å². The van der Waals surface area contributed by atoms with E-state index in [1.165, 1.54) is 0 Å². The summed E-state index contributed by atoms with van der Waals surface area (Å²) in [6.07, 6.45) is 1.86. The topological polar surface area (TPSA) is 151 Å². The molecule has 0 saturated heterocycles. The summed E-state index contributed by atoms with van der Waals surface area (Å²) in [5.41, 5.74) is 11.3. The highest BCUT2D eigenvalue weighted by molar-refractivity contribution is 5.98. The zero-order valence-corrected chi connectivity index (χ0v) is 19.0. The van der Waals surface area contributed by atoms with Crippen LogP contribution in [0.4, 0.5) is 0 Å². The summed E-state index contributed by atoms with van der Waals surface area (Å²) in [4.78, 5) is 35.6. The van der Waals surface area contributed by atoms with Crippen molar-refractivity contribution in [2.75, 3.05) is 0 Å². The van der Waals surface area contributed by atoms with Crippen molar-refractivity contribution in [3.8, 4) is 11.1 Å². The fourth-order valence-electron chi connectivity index (χ4n) is 3.11. The lowest BCUT2D eigenvalue weighted by Gasteiger charge is -2.23. The first-order valence-electron chi connectivity index (χ1n) is 9.93. The number of carbonyl (C=O) groups is 3. The summed E-state index contributed by atoms with van der Waals surface area (Å²) in [6.45, 7) is 10.5. The first kappa shape index (κ1) is 26.5. The van der Waals surface area contributed by atoms with Crippen LogP contribution in [0, 0.1) is 19.3 Å². The number of nitrogens with two attached hydrogens (primary N) is 1. The summed E-state index contributed by atoms with van der Waals surface area (Å²) in [7, 11) is 0. The predicted molar refractivity (Wildman–Crippen MR) is 122 cm³/mol. The molecule has 0 aliphatic rings. The Morgan fingerprint density at radius 1 is 0.969 bits per heavy atom. The van der Waals surface area contributed by atoms with Crippen LogP contribution in [0.5, 0.6) is 0 Å². The number of aromatic carboxylic acids is 1. The molecule has 0 saturated carbocycles. The van der Waals surface area contributed by atoms with Gasteiger partial charge in [0.15, 0.2) is 0 Å². The van der Waals surface area contributed by atoms with Gasteiger partial charge in [-0.1, -0.05) is 50.6 Å². The fraction of sp³-hybridized carbons (Fsp3) is 0.333. The Bertz CT molecular complexity index is 1000. The van der Waals surface area contributed by atoms with E-state index in [4.69, 9.17) is 15.9 Å². The SMILES string of the molecule is Cc1ccc(-c2c(CN)c(CC(C)(C)C)nc(C)c2C(=O)O)cc1.O=C(O)/C=C/C(=O)O. The quantitative estimate of drug-likeness (QED) is 0.493. The molecule has 5 N–H and O–H groups in total. The molecule has 1 aromatic carbocycles. The van der Waals surface area contributed by atoms with E-state index in [0.717, 1.165) is 28.8 Å². The number of aliphatic carboxylic acids is 2. The van der Waals surface area contributed by atoms with E-state index in [1.807, 2.05) is 31.2 Å². The minimum absolute atomic E-state index is 0.0403. The number of hydrogen-bond donors (Lipinski definition) is 4. The zero-order valence-electron chi connectivity index (χ0n) is 19.0. The predicted octanol–water partition coefficient (Wildman–Crippen LogP) is 3.82. The number of carboxylic acid groups (broad SMARTS) is 3. The number of hydrogen-bond acceptors (Lipinski definition) is 5. The highest BCUT2D eigenvalue weighted by Gasteiger charge is 2.24. The van der Waals surface area contributed by atoms with Gasteiger partial charge in [-0.05, 0) is 36.8 Å². The second kappa shape index (κ2) is 11.2. The van der Waals surface area contributed by atoms with Crippen LogP contribution >= 0.6 is 0 Å². The second-order valence-corrected chi connectivity index (χ2v) is 8.50. The third kappa shape index (κ3) is 7.96. The van der Waals surface area contributed by atoms with Gasteiger partial charge in [0.2, 0.25) is 0 Å². The Kier molecular flexibility index (Phi) is 9.28. The monoisotopic (exact) mass is 442 g/mol. The van der Waals surface area contributed by atoms with Crippen molar-refractivity contribution in [1.82, 2.24) is 4.98 Å². The van der Waals surface area contributed by atoms with Crippen molar-refractivity contribution < 1.29 is 29.7 Å². The zero-order chi connectivity index (χ0) is 24.6. The van der Waals surface area contributed by atoms with Crippen molar-refractivity contribution in [3.05, 3.63) is 64.5 Å². The molecular weight excluding hydrogens is 412 g/mol. The normalized spacial score (nSPS) is 11.1. The molecule has 8 heteroatoms. The number of aryl methyl sites for hydroxylation is 2. The summed E-state index contributed by atoms with van der Waals surface area (Å²) in [5, 5.41) is 25.3. The summed E-state index contributed by atoms with van der Waals surface area (Å²) in [5.74, 6) is -3.48. The molecule has 0 spiro atoms. The van der Waals surface area contributed by atoms with E-state index in [-0.39, 0.29) is 17.5 Å². The molecule has 32 heavy (non-hydrogen) atoms. The lowest BCUT2D eigenvalue weighted by molar-refractivity contribution is -0.134. The molecule has 0 fully saturated rings. The van der Waals surface area contributed by atoms with Gasteiger partial charge in [0.05, 0.1) is 11.3 Å². The van der Waals surface area contributed by atoms with Crippen LogP contribution in [-0.2, 0) is 22.6 Å². The van der Waals surface area contributed by atoms with E-state index in [9.17, 15) is 19.5 Å². The van der Waals surface area contributed by atoms with Gasteiger partial charge in [0.25, 0.3) is 0 Å². The largest absolute Gasteiger partial charge is 0.478 e. The van der Waals surface area contributed by atoms with Gasteiger partial charge in [-0.3, -0.25) is 4.98 Å². The third-order valence-corrected chi connectivity index (χ3v) is 4.39. The van der Waals surface area contributed by atoms with Crippen LogP contribution in [0.3, 0.4) is 0 Å². The molecule has 2 aromatic rings. The Hall–Kier alpha value is -3.52. The lowest BCUT2D eigenvalue weighted by Crippen LogP contribution is -2.18. The number of rotatable bonds is 6. The number of carboxylic acids is 3. The maximum atomic E-state index is 11.9. The maximum absolute atomic E-state index is 11.9. The van der Waals surface area contributed by atoms with Crippen molar-refractivity contribution in [2.45, 2.75) is 47.6 Å². The summed E-state index contributed by atoms with van der Waals surface area (Å²) in [6, 6.07) is 7.88. The van der Waals surface area contributed by atoms with E-state index in [2.05, 4.69) is 25.8 Å². The molecule has 1 heterocycles. The summed E-state index contributed by atoms with van der Waals surface area (Å²) >= 11 is 0. The van der Waals surface area contributed by atoms with Gasteiger partial charge in [-0.2, -0.15) is 0 Å². The molecule has 0 aliphatic carbocycles. The lowest BCUT2D eigenvalue weighted by atomic mass is 9.85. The molecule has 0 radical (unpaired) electrons. The average Bonchev–Trinajstić information content (AvgIpc) is 2.65. The van der Waals surface area contributed by atoms with Crippen LogP contribution < -0.4 is 5.73 Å². The van der Waals surface area contributed by atoms with Crippen LogP contribution in [0.15, 0.2) is 36.4 Å². The van der Waals surface area contributed by atoms with Gasteiger partial charge >= 0.3 is 17.9 Å². The van der Waals surface area contributed by atoms with E-state index in [0.29, 0.717) is 23.4 Å². The molecular formula is C24H30N2O6. The van der Waals surface area contributed by atoms with Crippen LogP contribution in [0.1, 0.15) is 53.6 Å². The maximum Gasteiger partial charge on any atom is 0.338 e. The van der Waals surface area contributed by atoms with Gasteiger partial charge in [0, 0.05) is 30.0 Å². The Labute approximate surface area is 187 Å². The minimum atomic E-state index is -1.26. The van der Waals surface area contributed by atoms with Gasteiger partial charge in [0.1, 0.15) is 0 Å². The van der Waals surface area contributed by atoms with Crippen molar-refractivity contribution in [3.63, 3.8) is 0 Å². The van der Waals surface area contributed by atoms with Crippen molar-refractivity contribution in [1.29, 1.82) is 0 Å². The number of aromatic nitrogens is 1. The van der Waals surface area contributed by atoms with Crippen LogP contribution in [0.2, 0.25) is 0 Å². The van der Waals surface area contributed by atoms with E-state index in [1.54, 1.807) is 6.92 Å². The van der Waals surface area contributed by atoms with Crippen LogP contribution in [-0.4, -0.2) is 38.2 Å². The number of benzene rings is 1. The van der Waals surface area contributed by atoms with Gasteiger partial charge < -0.3 is 21.1 Å². The van der Waals surface area contributed by atoms with E-state index >= 15 is 0 Å². The number of pyridine rings is 1. The van der Waals surface area contributed by atoms with Gasteiger partial charge in [-0.25, -0.2) is 14.4 Å². The molecule has 1 aromatic heterocycles. The second-order valence-electron chi connectivity index (χ2n) is 8.50. The highest BCUT2D eigenvalue weighted by Crippen LogP contribution is 2.34. The molecule has 0 bridgehead atoms. The number of nitrogens with zero attached hydrogens (tertiary/aromatic N) is 1. The van der Waals surface area contributed by atoms with Gasteiger partial charge in [-0.15, -0.1) is 0 Å². The highest BCUT2D eigenvalue weighted by atomic mass is 16.4. The Morgan fingerprint density at radius 3 is 1.84 bits per heavy atom. The average molecular weight is 443 g/mol. The smallest absolute Gasteiger partial charge is 0.338 e. The minimum Gasteiger partial charge on any atom is -0.478 e. The van der Waals surface area contributed by atoms with Crippen LogP contribution in [0.25, 0.3) is 11.1 Å². The molecule has 2 rings (SSSR count). The molecule has 0 unspecified atom stereocenters. The van der Waals surface area contributed by atoms with E-state index < -0.39 is 17.9 Å². The first-order chi connectivity index (χ1) is 14.8. The third-order valence-electron chi connectivity index (χ3n) is 4.39. The standard InChI is InChI=1S/C20H26N2O2.C4H4O4/c1-12-6-8-14(9-7-12)18-15(11-21)16(10-20(3,4)5)22-13(2)17(18)19(23)24;5-3(6)1-2-4(7)8/h6-9H,10-11,21H2,1-5H3,(H,23,24);1-2H,(H,5,6)(H,7,8)/b;2-1+. The molecule has 0 amide bonds. The fourth-order valence-corrected chi connectivity index (χ4v) is 3.11. The van der Waals surface area contributed by atoms with Crippen molar-refractivity contribution >= 4 is 17.9 Å². The molecule has 0 aliphatic heterocycles. The molecule has 8 nitrogen and oxygen atoms in total. The Balaban J connectivity index is 0.000000547. The summed E-state index contributed by atoms with van der Waals surface area (Å²) < 4.78 is 0. The Morgan fingerprint density at radius 2 is 1.47 bits per heavy atom.